The van der Waals surface area contributed by atoms with Crippen molar-refractivity contribution in [3.05, 3.63) is 53.1 Å². The van der Waals surface area contributed by atoms with E-state index in [2.05, 4.69) is 4.72 Å². The summed E-state index contributed by atoms with van der Waals surface area (Å²) in [6, 6.07) is 10.5. The molecular formula is C17H21NO3S. The molecule has 0 aliphatic rings. The fourth-order valence-electron chi connectivity index (χ4n) is 2.26. The first kappa shape index (κ1) is 16.4. The Kier molecular flexibility index (Phi) is 4.76. The van der Waals surface area contributed by atoms with Crippen LogP contribution in [-0.4, -0.2) is 15.5 Å². The Morgan fingerprint density at radius 2 is 1.86 bits per heavy atom. The van der Waals surface area contributed by atoms with Crippen LogP contribution >= 0.6 is 0 Å². The Morgan fingerprint density at radius 1 is 1.14 bits per heavy atom. The molecule has 0 aromatic heterocycles. The standard InChI is InChI=1S/C17H21NO3S/c1-5-14-11-15(9-10-17(14)21-4)22(19,20)18-16-8-6-7-12(2)13(16)3/h6-11,18H,5H2,1-4H3. The van der Waals surface area contributed by atoms with E-state index in [9.17, 15) is 8.42 Å². The van der Waals surface area contributed by atoms with Gasteiger partial charge in [0.15, 0.2) is 0 Å². The molecule has 0 spiro atoms. The van der Waals surface area contributed by atoms with Gasteiger partial charge in [-0.2, -0.15) is 0 Å². The summed E-state index contributed by atoms with van der Waals surface area (Å²) in [5, 5.41) is 0. The van der Waals surface area contributed by atoms with Gasteiger partial charge in [0.2, 0.25) is 0 Å². The Bertz CT molecular complexity index is 782. The zero-order valence-corrected chi connectivity index (χ0v) is 14.1. The second-order valence-corrected chi connectivity index (χ2v) is 6.86. The average molecular weight is 319 g/mol. The Balaban J connectivity index is 2.40. The molecule has 0 radical (unpaired) electrons. The molecule has 0 aliphatic heterocycles. The Morgan fingerprint density at radius 3 is 2.50 bits per heavy atom. The number of hydrogen-bond donors (Lipinski definition) is 1. The molecule has 0 unspecified atom stereocenters. The van der Waals surface area contributed by atoms with Gasteiger partial charge in [-0.25, -0.2) is 8.42 Å². The number of nitrogens with one attached hydrogen (secondary N) is 1. The van der Waals surface area contributed by atoms with Crippen molar-refractivity contribution >= 4 is 15.7 Å². The Hall–Kier alpha value is -2.01. The van der Waals surface area contributed by atoms with Crippen molar-refractivity contribution in [2.45, 2.75) is 32.1 Å². The molecular weight excluding hydrogens is 298 g/mol. The van der Waals surface area contributed by atoms with E-state index in [1.54, 1.807) is 31.4 Å². The smallest absolute Gasteiger partial charge is 0.261 e. The van der Waals surface area contributed by atoms with Gasteiger partial charge in [-0.3, -0.25) is 4.72 Å². The fraction of sp³-hybridized carbons (Fsp3) is 0.294. The van der Waals surface area contributed by atoms with Crippen molar-refractivity contribution in [2.24, 2.45) is 0 Å². The van der Waals surface area contributed by atoms with Crippen LogP contribution in [0, 0.1) is 13.8 Å². The molecule has 0 saturated heterocycles. The predicted octanol–water partition coefficient (Wildman–Crippen LogP) is 3.68. The molecule has 0 heterocycles. The predicted molar refractivity (Wildman–Crippen MR) is 89.1 cm³/mol. The lowest BCUT2D eigenvalue weighted by Gasteiger charge is -2.14. The number of aryl methyl sites for hydroxylation is 2. The number of methoxy groups -OCH3 is 1. The number of sulfonamides is 1. The van der Waals surface area contributed by atoms with E-state index >= 15 is 0 Å². The van der Waals surface area contributed by atoms with Crippen LogP contribution in [0.2, 0.25) is 0 Å². The molecule has 0 amide bonds. The zero-order chi connectivity index (χ0) is 16.3. The lowest BCUT2D eigenvalue weighted by atomic mass is 10.1. The molecule has 2 aromatic rings. The minimum Gasteiger partial charge on any atom is -0.496 e. The summed E-state index contributed by atoms with van der Waals surface area (Å²) in [5.74, 6) is 0.702. The molecule has 0 aliphatic carbocycles. The molecule has 2 aromatic carbocycles. The van der Waals surface area contributed by atoms with Crippen molar-refractivity contribution in [3.63, 3.8) is 0 Å². The van der Waals surface area contributed by atoms with E-state index in [1.807, 2.05) is 32.9 Å². The third-order valence-corrected chi connectivity index (χ3v) is 5.16. The first-order chi connectivity index (χ1) is 10.4. The number of benzene rings is 2. The maximum Gasteiger partial charge on any atom is 0.261 e. The summed E-state index contributed by atoms with van der Waals surface area (Å²) in [5.41, 5.74) is 3.44. The lowest BCUT2D eigenvalue weighted by Crippen LogP contribution is -2.14. The molecule has 0 atom stereocenters. The summed E-state index contributed by atoms with van der Waals surface area (Å²) in [6.07, 6.45) is 0.704. The van der Waals surface area contributed by atoms with Gasteiger partial charge < -0.3 is 4.74 Å². The molecule has 0 bridgehead atoms. The van der Waals surface area contributed by atoms with Gasteiger partial charge in [-0.05, 0) is 61.2 Å². The minimum atomic E-state index is -3.62. The van der Waals surface area contributed by atoms with Crippen LogP contribution in [0.3, 0.4) is 0 Å². The summed E-state index contributed by atoms with van der Waals surface area (Å²) in [6.45, 7) is 5.82. The van der Waals surface area contributed by atoms with Crippen LogP contribution < -0.4 is 9.46 Å². The van der Waals surface area contributed by atoms with Crippen molar-refractivity contribution in [1.82, 2.24) is 0 Å². The normalized spacial score (nSPS) is 11.3. The van der Waals surface area contributed by atoms with Gasteiger partial charge in [0.05, 0.1) is 17.7 Å². The van der Waals surface area contributed by atoms with Crippen molar-refractivity contribution in [3.8, 4) is 5.75 Å². The van der Waals surface area contributed by atoms with E-state index in [1.165, 1.54) is 0 Å². The summed E-state index contributed by atoms with van der Waals surface area (Å²) < 4.78 is 33.1. The summed E-state index contributed by atoms with van der Waals surface area (Å²) >= 11 is 0. The third kappa shape index (κ3) is 3.25. The van der Waals surface area contributed by atoms with Crippen LogP contribution in [0.25, 0.3) is 0 Å². The molecule has 5 heteroatoms. The van der Waals surface area contributed by atoms with Crippen molar-refractivity contribution < 1.29 is 13.2 Å². The monoisotopic (exact) mass is 319 g/mol. The van der Waals surface area contributed by atoms with Gasteiger partial charge in [0, 0.05) is 0 Å². The van der Waals surface area contributed by atoms with Crippen molar-refractivity contribution in [1.29, 1.82) is 0 Å². The Labute approximate surface area is 132 Å². The maximum atomic E-state index is 12.6. The van der Waals surface area contributed by atoms with Crippen LogP contribution in [0.5, 0.6) is 5.75 Å². The SMILES string of the molecule is CCc1cc(S(=O)(=O)Nc2cccc(C)c2C)ccc1OC. The zero-order valence-electron chi connectivity index (χ0n) is 13.3. The molecule has 118 valence electrons. The number of anilines is 1. The number of hydrogen-bond acceptors (Lipinski definition) is 3. The van der Waals surface area contributed by atoms with Gasteiger partial charge >= 0.3 is 0 Å². The second kappa shape index (κ2) is 6.40. The van der Waals surface area contributed by atoms with E-state index < -0.39 is 10.0 Å². The summed E-state index contributed by atoms with van der Waals surface area (Å²) in [4.78, 5) is 0.242. The first-order valence-electron chi connectivity index (χ1n) is 7.15. The lowest BCUT2D eigenvalue weighted by molar-refractivity contribution is 0.409. The van der Waals surface area contributed by atoms with E-state index in [0.717, 1.165) is 16.7 Å². The van der Waals surface area contributed by atoms with Crippen LogP contribution in [0.4, 0.5) is 5.69 Å². The largest absolute Gasteiger partial charge is 0.496 e. The maximum absolute atomic E-state index is 12.6. The van der Waals surface area contributed by atoms with Gasteiger partial charge in [-0.1, -0.05) is 19.1 Å². The highest BCUT2D eigenvalue weighted by Crippen LogP contribution is 2.26. The summed E-state index contributed by atoms with van der Waals surface area (Å²) in [7, 11) is -2.04. The van der Waals surface area contributed by atoms with E-state index in [-0.39, 0.29) is 4.90 Å². The third-order valence-electron chi connectivity index (χ3n) is 3.79. The minimum absolute atomic E-state index is 0.242. The van der Waals surface area contributed by atoms with Crippen LogP contribution in [0.15, 0.2) is 41.3 Å². The molecule has 22 heavy (non-hydrogen) atoms. The second-order valence-electron chi connectivity index (χ2n) is 5.18. The van der Waals surface area contributed by atoms with Crippen molar-refractivity contribution in [2.75, 3.05) is 11.8 Å². The first-order valence-corrected chi connectivity index (χ1v) is 8.63. The highest BCUT2D eigenvalue weighted by molar-refractivity contribution is 7.92. The molecule has 2 rings (SSSR count). The quantitative estimate of drug-likeness (QED) is 0.914. The number of rotatable bonds is 5. The van der Waals surface area contributed by atoms with Crippen LogP contribution in [-0.2, 0) is 16.4 Å². The average Bonchev–Trinajstić information content (AvgIpc) is 2.51. The fourth-order valence-corrected chi connectivity index (χ4v) is 3.44. The molecule has 0 fully saturated rings. The van der Waals surface area contributed by atoms with Gasteiger partial charge in [0.25, 0.3) is 10.0 Å². The van der Waals surface area contributed by atoms with Gasteiger partial charge in [-0.15, -0.1) is 0 Å². The molecule has 1 N–H and O–H groups in total. The van der Waals surface area contributed by atoms with Crippen LogP contribution in [0.1, 0.15) is 23.6 Å². The topological polar surface area (TPSA) is 55.4 Å². The molecule has 0 saturated carbocycles. The van der Waals surface area contributed by atoms with E-state index in [4.69, 9.17) is 4.74 Å². The molecule has 4 nitrogen and oxygen atoms in total. The van der Waals surface area contributed by atoms with E-state index in [0.29, 0.717) is 17.9 Å². The highest BCUT2D eigenvalue weighted by atomic mass is 32.2. The van der Waals surface area contributed by atoms with Gasteiger partial charge in [0.1, 0.15) is 5.75 Å². The number of ether oxygens (including phenoxy) is 1. The highest BCUT2D eigenvalue weighted by Gasteiger charge is 2.17.